The summed E-state index contributed by atoms with van der Waals surface area (Å²) in [4.78, 5) is 30.1. The Morgan fingerprint density at radius 1 is 0.787 bits per heavy atom. The number of anilines is 1. The van der Waals surface area contributed by atoms with E-state index in [0.29, 0.717) is 18.0 Å². The van der Waals surface area contributed by atoms with Crippen LogP contribution in [0.15, 0.2) is 108 Å². The van der Waals surface area contributed by atoms with Crippen molar-refractivity contribution in [1.82, 2.24) is 10.2 Å². The molecule has 0 aliphatic rings. The molecule has 8 nitrogen and oxygen atoms in total. The van der Waals surface area contributed by atoms with Gasteiger partial charge in [0, 0.05) is 19.0 Å². The van der Waals surface area contributed by atoms with Gasteiger partial charge >= 0.3 is 0 Å². The molecule has 0 spiro atoms. The Balaban J connectivity index is 1.79. The van der Waals surface area contributed by atoms with Gasteiger partial charge in [-0.05, 0) is 81.6 Å². The predicted octanol–water partition coefficient (Wildman–Crippen LogP) is 6.45. The summed E-state index contributed by atoms with van der Waals surface area (Å²) in [6.07, 6.45) is 0.980. The lowest BCUT2D eigenvalue weighted by atomic mass is 10.0. The number of nitrogens with zero attached hydrogens (tertiary/aromatic N) is 2. The molecule has 47 heavy (non-hydrogen) atoms. The highest BCUT2D eigenvalue weighted by molar-refractivity contribution is 7.92. The van der Waals surface area contributed by atoms with Crippen molar-refractivity contribution in [1.29, 1.82) is 0 Å². The van der Waals surface area contributed by atoms with Crippen LogP contribution < -0.4 is 14.4 Å². The van der Waals surface area contributed by atoms with Crippen molar-refractivity contribution >= 4 is 27.5 Å². The predicted molar refractivity (Wildman–Crippen MR) is 187 cm³/mol. The van der Waals surface area contributed by atoms with Crippen LogP contribution in [0.2, 0.25) is 0 Å². The Morgan fingerprint density at radius 3 is 1.96 bits per heavy atom. The third kappa shape index (κ3) is 9.45. The molecule has 2 amide bonds. The van der Waals surface area contributed by atoms with Gasteiger partial charge in [0.15, 0.2) is 0 Å². The molecule has 4 rings (SSSR count). The van der Waals surface area contributed by atoms with Crippen molar-refractivity contribution in [2.75, 3.05) is 17.5 Å². The van der Waals surface area contributed by atoms with Crippen molar-refractivity contribution in [3.63, 3.8) is 0 Å². The highest BCUT2D eigenvalue weighted by Gasteiger charge is 2.35. The third-order valence-corrected chi connectivity index (χ3v) is 9.86. The highest BCUT2D eigenvalue weighted by Crippen LogP contribution is 2.27. The van der Waals surface area contributed by atoms with E-state index in [9.17, 15) is 18.0 Å². The number of hydrogen-bond acceptors (Lipinski definition) is 5. The molecule has 0 unspecified atom stereocenters. The number of carbonyl (C=O) groups is 2. The molecule has 248 valence electrons. The van der Waals surface area contributed by atoms with Gasteiger partial charge in [0.1, 0.15) is 18.3 Å². The van der Waals surface area contributed by atoms with Gasteiger partial charge in [-0.2, -0.15) is 0 Å². The summed E-state index contributed by atoms with van der Waals surface area (Å²) in [5.74, 6) is -0.245. The van der Waals surface area contributed by atoms with E-state index in [1.165, 1.54) is 17.0 Å². The molecule has 0 heterocycles. The minimum absolute atomic E-state index is 0.0229. The number of benzene rings is 4. The minimum atomic E-state index is -4.20. The van der Waals surface area contributed by atoms with Crippen LogP contribution >= 0.6 is 0 Å². The molecule has 0 saturated heterocycles. The Labute approximate surface area is 279 Å². The molecular weight excluding hydrogens is 611 g/mol. The summed E-state index contributed by atoms with van der Waals surface area (Å²) in [6, 6.07) is 29.5. The maximum absolute atomic E-state index is 14.6. The number of carbonyl (C=O) groups excluding carboxylic acids is 2. The second-order valence-electron chi connectivity index (χ2n) is 11.8. The van der Waals surface area contributed by atoms with E-state index in [0.717, 1.165) is 33.0 Å². The SMILES string of the molecule is CCOc1ccc(S(=O)(=O)N(CC(=O)N(Cc2ccc(C)cc2)[C@H](Cc2ccccc2)C(=O)N[C@@H](C)CC)c2ccc(C)cc2)cc1. The lowest BCUT2D eigenvalue weighted by Gasteiger charge is -2.34. The van der Waals surface area contributed by atoms with Crippen LogP contribution in [0.25, 0.3) is 0 Å². The van der Waals surface area contributed by atoms with Crippen molar-refractivity contribution < 1.29 is 22.7 Å². The third-order valence-electron chi connectivity index (χ3n) is 8.07. The lowest BCUT2D eigenvalue weighted by Crippen LogP contribution is -2.54. The Morgan fingerprint density at radius 2 is 1.38 bits per heavy atom. The average Bonchev–Trinajstić information content (AvgIpc) is 3.07. The maximum atomic E-state index is 14.6. The van der Waals surface area contributed by atoms with Gasteiger partial charge in [0.05, 0.1) is 17.2 Å². The van der Waals surface area contributed by atoms with E-state index in [1.54, 1.807) is 24.3 Å². The van der Waals surface area contributed by atoms with E-state index >= 15 is 0 Å². The van der Waals surface area contributed by atoms with Gasteiger partial charge in [0.2, 0.25) is 11.8 Å². The molecule has 4 aromatic rings. The van der Waals surface area contributed by atoms with Crippen molar-refractivity contribution in [2.45, 2.75) is 71.0 Å². The van der Waals surface area contributed by atoms with Crippen LogP contribution in [0.4, 0.5) is 5.69 Å². The monoisotopic (exact) mass is 655 g/mol. The Bertz CT molecular complexity index is 1710. The first-order valence-corrected chi connectivity index (χ1v) is 17.5. The first kappa shape index (κ1) is 35.2. The van der Waals surface area contributed by atoms with E-state index in [-0.39, 0.29) is 29.8 Å². The summed E-state index contributed by atoms with van der Waals surface area (Å²) >= 11 is 0. The van der Waals surface area contributed by atoms with Gasteiger partial charge in [-0.1, -0.05) is 84.8 Å². The van der Waals surface area contributed by atoms with E-state index in [1.807, 2.05) is 101 Å². The number of hydrogen-bond donors (Lipinski definition) is 1. The van der Waals surface area contributed by atoms with Crippen LogP contribution in [-0.2, 0) is 32.6 Å². The van der Waals surface area contributed by atoms with Crippen molar-refractivity contribution in [2.24, 2.45) is 0 Å². The first-order chi connectivity index (χ1) is 22.5. The molecule has 0 radical (unpaired) electrons. The van der Waals surface area contributed by atoms with Crippen LogP contribution in [0, 0.1) is 13.8 Å². The fraction of sp³-hybridized carbons (Fsp3) is 0.316. The Hall–Kier alpha value is -4.63. The number of ether oxygens (including phenoxy) is 1. The number of amides is 2. The largest absolute Gasteiger partial charge is 0.494 e. The van der Waals surface area contributed by atoms with Gasteiger partial charge < -0.3 is 15.0 Å². The fourth-order valence-corrected chi connectivity index (χ4v) is 6.54. The lowest BCUT2D eigenvalue weighted by molar-refractivity contribution is -0.140. The standard InChI is InChI=1S/C38H45N3O5S/c1-6-30(5)39-38(43)36(25-31-11-9-8-10-12-31)40(26-32-17-13-28(3)14-18-32)37(42)27-41(33-19-15-29(4)16-20-33)47(44,45)35-23-21-34(22-24-35)46-7-2/h8-24,30,36H,6-7,25-27H2,1-5H3,(H,39,43)/t30-,36+/m0/s1. The van der Waals surface area contributed by atoms with E-state index in [2.05, 4.69) is 5.32 Å². The van der Waals surface area contributed by atoms with Gasteiger partial charge in [0.25, 0.3) is 10.0 Å². The summed E-state index contributed by atoms with van der Waals surface area (Å²) in [5, 5.41) is 3.07. The van der Waals surface area contributed by atoms with Gasteiger partial charge in [-0.25, -0.2) is 8.42 Å². The zero-order chi connectivity index (χ0) is 34.0. The smallest absolute Gasteiger partial charge is 0.264 e. The summed E-state index contributed by atoms with van der Waals surface area (Å²) in [5.41, 5.74) is 4.07. The molecule has 0 aliphatic carbocycles. The van der Waals surface area contributed by atoms with Crippen LogP contribution in [0.5, 0.6) is 5.75 Å². The number of nitrogens with one attached hydrogen (secondary N) is 1. The Kier molecular flexibility index (Phi) is 12.2. The molecule has 1 N–H and O–H groups in total. The number of aryl methyl sites for hydroxylation is 2. The molecule has 0 aliphatic heterocycles. The first-order valence-electron chi connectivity index (χ1n) is 16.0. The quantitative estimate of drug-likeness (QED) is 0.159. The van der Waals surface area contributed by atoms with Crippen LogP contribution in [-0.4, -0.2) is 50.4 Å². The molecule has 0 fully saturated rings. The van der Waals surface area contributed by atoms with E-state index < -0.39 is 28.5 Å². The average molecular weight is 656 g/mol. The van der Waals surface area contributed by atoms with Gasteiger partial charge in [-0.3, -0.25) is 13.9 Å². The normalized spacial score (nSPS) is 12.5. The minimum Gasteiger partial charge on any atom is -0.494 e. The topological polar surface area (TPSA) is 96.0 Å². The summed E-state index contributed by atoms with van der Waals surface area (Å²) < 4.78 is 35.2. The molecule has 9 heteroatoms. The van der Waals surface area contributed by atoms with Crippen molar-refractivity contribution in [3.05, 3.63) is 125 Å². The second kappa shape index (κ2) is 16.3. The van der Waals surface area contributed by atoms with Crippen molar-refractivity contribution in [3.8, 4) is 5.75 Å². The number of rotatable bonds is 15. The second-order valence-corrected chi connectivity index (χ2v) is 13.6. The zero-order valence-corrected chi connectivity index (χ0v) is 28.7. The van der Waals surface area contributed by atoms with Crippen LogP contribution in [0.3, 0.4) is 0 Å². The summed E-state index contributed by atoms with van der Waals surface area (Å²) in [6.45, 7) is 9.71. The zero-order valence-electron chi connectivity index (χ0n) is 27.8. The molecule has 0 bridgehead atoms. The van der Waals surface area contributed by atoms with Crippen LogP contribution in [0.1, 0.15) is 49.4 Å². The fourth-order valence-electron chi connectivity index (χ4n) is 5.13. The summed E-state index contributed by atoms with van der Waals surface area (Å²) in [7, 11) is -4.20. The van der Waals surface area contributed by atoms with E-state index in [4.69, 9.17) is 4.74 Å². The molecule has 0 saturated carbocycles. The molecule has 4 aromatic carbocycles. The highest BCUT2D eigenvalue weighted by atomic mass is 32.2. The van der Waals surface area contributed by atoms with Gasteiger partial charge in [-0.15, -0.1) is 0 Å². The maximum Gasteiger partial charge on any atom is 0.264 e. The molecule has 0 aromatic heterocycles. The molecular formula is C38H45N3O5S. The molecule has 2 atom stereocenters. The number of sulfonamides is 1.